The van der Waals surface area contributed by atoms with Gasteiger partial charge in [-0.1, -0.05) is 11.6 Å². The van der Waals surface area contributed by atoms with Crippen LogP contribution in [-0.4, -0.2) is 67.4 Å². The summed E-state index contributed by atoms with van der Waals surface area (Å²) in [4.78, 5) is 4.59. The molecule has 1 fully saturated rings. The average molecular weight is 313 g/mol. The Morgan fingerprint density at radius 2 is 2.10 bits per heavy atom. The summed E-state index contributed by atoms with van der Waals surface area (Å²) < 4.78 is 5.59. The third-order valence-corrected chi connectivity index (χ3v) is 4.19. The number of likely N-dealkylation sites (N-methyl/N-ethyl adjacent to an activating group) is 1. The molecule has 1 heterocycles. The third kappa shape index (κ3) is 5.47. The quantitative estimate of drug-likeness (QED) is 0.873. The first-order chi connectivity index (χ1) is 10.0. The van der Waals surface area contributed by atoms with E-state index in [9.17, 15) is 5.11 Å². The van der Waals surface area contributed by atoms with E-state index < -0.39 is 6.10 Å². The van der Waals surface area contributed by atoms with Crippen molar-refractivity contribution >= 4 is 11.6 Å². The molecule has 0 aromatic heterocycles. The number of hydrogen-bond donors (Lipinski definition) is 1. The maximum atomic E-state index is 10.1. The van der Waals surface area contributed by atoms with Crippen molar-refractivity contribution in [3.8, 4) is 5.75 Å². The van der Waals surface area contributed by atoms with Gasteiger partial charge < -0.3 is 14.7 Å². The number of aliphatic hydroxyl groups excluding tert-OH is 1. The maximum Gasteiger partial charge on any atom is 0.119 e. The molecule has 1 N–H and O–H groups in total. The molecule has 0 saturated carbocycles. The van der Waals surface area contributed by atoms with Crippen molar-refractivity contribution in [3.05, 3.63) is 29.3 Å². The molecule has 2 atom stereocenters. The summed E-state index contributed by atoms with van der Waals surface area (Å²) in [6.45, 7) is 3.05. The Morgan fingerprint density at radius 3 is 2.76 bits per heavy atom. The molecule has 0 aliphatic carbocycles. The van der Waals surface area contributed by atoms with Crippen LogP contribution in [0.4, 0.5) is 0 Å². The van der Waals surface area contributed by atoms with Crippen LogP contribution < -0.4 is 4.74 Å². The highest BCUT2D eigenvalue weighted by molar-refractivity contribution is 6.30. The van der Waals surface area contributed by atoms with Crippen LogP contribution in [0, 0.1) is 0 Å². The van der Waals surface area contributed by atoms with E-state index in [-0.39, 0.29) is 0 Å². The molecule has 1 aromatic carbocycles. The Bertz CT molecular complexity index is 425. The molecular weight excluding hydrogens is 288 g/mol. The zero-order valence-corrected chi connectivity index (χ0v) is 13.6. The maximum absolute atomic E-state index is 10.1. The highest BCUT2D eigenvalue weighted by atomic mass is 35.5. The predicted octanol–water partition coefficient (Wildman–Crippen LogP) is 2.11. The van der Waals surface area contributed by atoms with Gasteiger partial charge in [-0.3, -0.25) is 4.90 Å². The van der Waals surface area contributed by atoms with Crippen molar-refractivity contribution < 1.29 is 9.84 Å². The molecule has 0 radical (unpaired) electrons. The first-order valence-corrected chi connectivity index (χ1v) is 7.87. The van der Waals surface area contributed by atoms with Gasteiger partial charge in [-0.25, -0.2) is 0 Å². The van der Waals surface area contributed by atoms with E-state index in [1.807, 2.05) is 12.1 Å². The van der Waals surface area contributed by atoms with Gasteiger partial charge in [0.1, 0.15) is 18.5 Å². The number of nitrogens with zero attached hydrogens (tertiary/aromatic N) is 2. The number of rotatable bonds is 6. The number of piperidine rings is 1. The number of ether oxygens (including phenoxy) is 1. The van der Waals surface area contributed by atoms with E-state index in [1.165, 1.54) is 12.8 Å². The standard InChI is InChI=1S/C16H25ClN2O2/c1-18(2)14-4-3-9-19(10-14)11-15(20)12-21-16-7-5-13(17)6-8-16/h5-8,14-15,20H,3-4,9-12H2,1-2H3. The summed E-state index contributed by atoms with van der Waals surface area (Å²) in [5.74, 6) is 0.739. The van der Waals surface area contributed by atoms with Gasteiger partial charge in [-0.2, -0.15) is 0 Å². The van der Waals surface area contributed by atoms with E-state index >= 15 is 0 Å². The summed E-state index contributed by atoms with van der Waals surface area (Å²) in [6.07, 6.45) is 1.95. The summed E-state index contributed by atoms with van der Waals surface area (Å²) in [5.41, 5.74) is 0. The normalized spacial score (nSPS) is 21.5. The van der Waals surface area contributed by atoms with E-state index in [1.54, 1.807) is 12.1 Å². The van der Waals surface area contributed by atoms with Crippen molar-refractivity contribution in [2.45, 2.75) is 25.0 Å². The Balaban J connectivity index is 1.73. The predicted molar refractivity (Wildman–Crippen MR) is 86.1 cm³/mol. The number of aliphatic hydroxyl groups is 1. The van der Waals surface area contributed by atoms with Crippen LogP contribution in [0.1, 0.15) is 12.8 Å². The van der Waals surface area contributed by atoms with Gasteiger partial charge in [0.25, 0.3) is 0 Å². The Morgan fingerprint density at radius 1 is 1.38 bits per heavy atom. The van der Waals surface area contributed by atoms with Crippen molar-refractivity contribution in [2.75, 3.05) is 40.3 Å². The topological polar surface area (TPSA) is 35.9 Å². The fourth-order valence-electron chi connectivity index (χ4n) is 2.69. The van der Waals surface area contributed by atoms with E-state index in [2.05, 4.69) is 23.9 Å². The smallest absolute Gasteiger partial charge is 0.119 e. The first-order valence-electron chi connectivity index (χ1n) is 7.50. The molecule has 5 heteroatoms. The van der Waals surface area contributed by atoms with Crippen molar-refractivity contribution in [1.82, 2.24) is 9.80 Å². The monoisotopic (exact) mass is 312 g/mol. The van der Waals surface area contributed by atoms with Crippen LogP contribution in [0.2, 0.25) is 5.02 Å². The molecule has 1 aliphatic rings. The largest absolute Gasteiger partial charge is 0.491 e. The van der Waals surface area contributed by atoms with Crippen LogP contribution in [0.15, 0.2) is 24.3 Å². The molecule has 4 nitrogen and oxygen atoms in total. The van der Waals surface area contributed by atoms with Crippen LogP contribution >= 0.6 is 11.6 Å². The van der Waals surface area contributed by atoms with Crippen LogP contribution in [0.3, 0.4) is 0 Å². The zero-order chi connectivity index (χ0) is 15.2. The van der Waals surface area contributed by atoms with E-state index in [4.69, 9.17) is 16.3 Å². The minimum atomic E-state index is -0.471. The van der Waals surface area contributed by atoms with Crippen LogP contribution in [0.5, 0.6) is 5.75 Å². The minimum Gasteiger partial charge on any atom is -0.491 e. The Kier molecular flexibility index (Phi) is 6.30. The lowest BCUT2D eigenvalue weighted by atomic mass is 10.0. The van der Waals surface area contributed by atoms with Gasteiger partial charge >= 0.3 is 0 Å². The highest BCUT2D eigenvalue weighted by Crippen LogP contribution is 2.16. The first kappa shape index (κ1) is 16.6. The second kappa shape index (κ2) is 7.99. The van der Waals surface area contributed by atoms with Crippen molar-refractivity contribution in [1.29, 1.82) is 0 Å². The molecule has 118 valence electrons. The molecule has 1 aliphatic heterocycles. The zero-order valence-electron chi connectivity index (χ0n) is 12.8. The fraction of sp³-hybridized carbons (Fsp3) is 0.625. The number of β-amino-alcohol motifs (C(OH)–C–C–N with tert-alkyl or cyclic N) is 1. The lowest BCUT2D eigenvalue weighted by molar-refractivity contribution is 0.0456. The number of benzene rings is 1. The molecule has 1 saturated heterocycles. The molecule has 21 heavy (non-hydrogen) atoms. The molecule has 2 unspecified atom stereocenters. The summed E-state index contributed by atoms with van der Waals surface area (Å²) >= 11 is 5.83. The van der Waals surface area contributed by atoms with Gasteiger partial charge in [0.15, 0.2) is 0 Å². The molecular formula is C16H25ClN2O2. The highest BCUT2D eigenvalue weighted by Gasteiger charge is 2.23. The summed E-state index contributed by atoms with van der Waals surface area (Å²) in [5, 5.41) is 10.8. The van der Waals surface area contributed by atoms with Crippen LogP contribution in [-0.2, 0) is 0 Å². The van der Waals surface area contributed by atoms with Crippen molar-refractivity contribution in [3.63, 3.8) is 0 Å². The van der Waals surface area contributed by atoms with E-state index in [0.717, 1.165) is 18.8 Å². The summed E-state index contributed by atoms with van der Waals surface area (Å²) in [7, 11) is 4.24. The minimum absolute atomic E-state index is 0.310. The van der Waals surface area contributed by atoms with Crippen LogP contribution in [0.25, 0.3) is 0 Å². The lowest BCUT2D eigenvalue weighted by Gasteiger charge is -2.36. The molecule has 1 aromatic rings. The second-order valence-corrected chi connectivity index (χ2v) is 6.37. The number of halogens is 1. The second-order valence-electron chi connectivity index (χ2n) is 5.94. The Labute approximate surface area is 132 Å². The lowest BCUT2D eigenvalue weighted by Crippen LogP contribution is -2.48. The van der Waals surface area contributed by atoms with Gasteiger partial charge in [0.05, 0.1) is 0 Å². The average Bonchev–Trinajstić information content (AvgIpc) is 2.47. The third-order valence-electron chi connectivity index (χ3n) is 3.94. The number of hydrogen-bond acceptors (Lipinski definition) is 4. The van der Waals surface area contributed by atoms with Gasteiger partial charge in [0.2, 0.25) is 0 Å². The van der Waals surface area contributed by atoms with Gasteiger partial charge in [0, 0.05) is 24.2 Å². The van der Waals surface area contributed by atoms with Crippen molar-refractivity contribution in [2.24, 2.45) is 0 Å². The fourth-order valence-corrected chi connectivity index (χ4v) is 2.82. The summed E-state index contributed by atoms with van der Waals surface area (Å²) in [6, 6.07) is 7.80. The molecule has 0 bridgehead atoms. The number of likely N-dealkylation sites (tertiary alicyclic amines) is 1. The van der Waals surface area contributed by atoms with E-state index in [0.29, 0.717) is 24.2 Å². The Hall–Kier alpha value is -0.810. The SMILES string of the molecule is CN(C)C1CCCN(CC(O)COc2ccc(Cl)cc2)C1. The molecule has 2 rings (SSSR count). The molecule has 0 spiro atoms. The molecule has 0 amide bonds. The van der Waals surface area contributed by atoms with Gasteiger partial charge in [-0.05, 0) is 57.7 Å². The van der Waals surface area contributed by atoms with Gasteiger partial charge in [-0.15, -0.1) is 0 Å².